The molecule has 1 fully saturated rings. The molecule has 3 nitrogen and oxygen atoms in total. The van der Waals surface area contributed by atoms with E-state index in [4.69, 9.17) is 0 Å². The van der Waals surface area contributed by atoms with E-state index in [1.54, 1.807) is 0 Å². The van der Waals surface area contributed by atoms with Crippen molar-refractivity contribution in [2.45, 2.75) is 6.04 Å². The predicted octanol–water partition coefficient (Wildman–Crippen LogP) is 2.82. The summed E-state index contributed by atoms with van der Waals surface area (Å²) in [6, 6.07) is 20.0. The zero-order chi connectivity index (χ0) is 14.7. The van der Waals surface area contributed by atoms with Crippen molar-refractivity contribution in [1.29, 1.82) is 0 Å². The first-order chi connectivity index (χ1) is 10.3. The van der Waals surface area contributed by atoms with E-state index in [0.717, 1.165) is 25.2 Å². The summed E-state index contributed by atoms with van der Waals surface area (Å²) in [6.07, 6.45) is 0. The Morgan fingerprint density at radius 2 is 1.57 bits per heavy atom. The van der Waals surface area contributed by atoms with Gasteiger partial charge in [0.15, 0.2) is 0 Å². The molecule has 3 rings (SSSR count). The number of benzene rings is 2. The summed E-state index contributed by atoms with van der Waals surface area (Å²) >= 11 is 0. The van der Waals surface area contributed by atoms with E-state index in [9.17, 15) is 4.79 Å². The molecular weight excluding hydrogens is 260 g/mol. The summed E-state index contributed by atoms with van der Waals surface area (Å²) in [5, 5.41) is 0. The number of hydrogen-bond acceptors (Lipinski definition) is 2. The van der Waals surface area contributed by atoms with E-state index in [2.05, 4.69) is 24.1 Å². The van der Waals surface area contributed by atoms with Gasteiger partial charge in [0.05, 0.1) is 6.04 Å². The lowest BCUT2D eigenvalue weighted by molar-refractivity contribution is 0.0498. The van der Waals surface area contributed by atoms with Gasteiger partial charge in [-0.25, -0.2) is 0 Å². The molecule has 2 aromatic rings. The number of hydrogen-bond donors (Lipinski definition) is 0. The van der Waals surface area contributed by atoms with Gasteiger partial charge >= 0.3 is 0 Å². The van der Waals surface area contributed by atoms with Crippen LogP contribution in [0.5, 0.6) is 0 Å². The van der Waals surface area contributed by atoms with Gasteiger partial charge in [0.1, 0.15) is 0 Å². The van der Waals surface area contributed by atoms with E-state index < -0.39 is 0 Å². The number of likely N-dealkylation sites (N-methyl/N-ethyl adjacent to an activating group) is 1. The Kier molecular flexibility index (Phi) is 4.02. The second kappa shape index (κ2) is 6.10. The molecule has 108 valence electrons. The first-order valence-corrected chi connectivity index (χ1v) is 7.35. The molecule has 1 saturated heterocycles. The number of amides is 1. The number of nitrogens with zero attached hydrogens (tertiary/aromatic N) is 2. The van der Waals surface area contributed by atoms with E-state index in [1.165, 1.54) is 5.56 Å². The fraction of sp³-hybridized carbons (Fsp3) is 0.278. The van der Waals surface area contributed by atoms with Crippen LogP contribution in [0.4, 0.5) is 0 Å². The van der Waals surface area contributed by atoms with Crippen molar-refractivity contribution in [2.24, 2.45) is 0 Å². The van der Waals surface area contributed by atoms with Crippen LogP contribution in [-0.2, 0) is 0 Å². The van der Waals surface area contributed by atoms with Gasteiger partial charge in [0.2, 0.25) is 0 Å². The van der Waals surface area contributed by atoms with Crippen molar-refractivity contribution in [2.75, 3.05) is 26.7 Å². The minimum Gasteiger partial charge on any atom is -0.329 e. The van der Waals surface area contributed by atoms with Crippen LogP contribution >= 0.6 is 0 Å². The van der Waals surface area contributed by atoms with Crippen LogP contribution in [0, 0.1) is 0 Å². The smallest absolute Gasteiger partial charge is 0.254 e. The summed E-state index contributed by atoms with van der Waals surface area (Å²) in [7, 11) is 2.11. The number of piperazine rings is 1. The molecule has 0 bridgehead atoms. The fourth-order valence-electron chi connectivity index (χ4n) is 2.87. The summed E-state index contributed by atoms with van der Waals surface area (Å²) < 4.78 is 0. The molecule has 1 aliphatic rings. The van der Waals surface area contributed by atoms with Crippen LogP contribution in [-0.4, -0.2) is 42.4 Å². The third-order valence-corrected chi connectivity index (χ3v) is 4.05. The first-order valence-electron chi connectivity index (χ1n) is 7.35. The monoisotopic (exact) mass is 280 g/mol. The minimum atomic E-state index is 0.123. The van der Waals surface area contributed by atoms with Gasteiger partial charge in [0.25, 0.3) is 5.91 Å². The van der Waals surface area contributed by atoms with Gasteiger partial charge in [-0.15, -0.1) is 0 Å². The van der Waals surface area contributed by atoms with E-state index in [0.29, 0.717) is 0 Å². The molecule has 1 heterocycles. The summed E-state index contributed by atoms with van der Waals surface area (Å²) in [5.74, 6) is 0.123. The Balaban J connectivity index is 1.90. The third-order valence-electron chi connectivity index (χ3n) is 4.05. The molecule has 3 heteroatoms. The third kappa shape index (κ3) is 2.98. The topological polar surface area (TPSA) is 23.6 Å². The van der Waals surface area contributed by atoms with Gasteiger partial charge in [-0.1, -0.05) is 48.5 Å². The Labute approximate surface area is 125 Å². The molecule has 0 spiro atoms. The normalized spacial score (nSPS) is 19.5. The Morgan fingerprint density at radius 3 is 2.24 bits per heavy atom. The lowest BCUT2D eigenvalue weighted by Crippen LogP contribution is -2.49. The molecular formula is C18H20N2O. The second-order valence-corrected chi connectivity index (χ2v) is 5.55. The van der Waals surface area contributed by atoms with Crippen LogP contribution in [0.15, 0.2) is 60.7 Å². The van der Waals surface area contributed by atoms with Gasteiger partial charge in [-0.2, -0.15) is 0 Å². The van der Waals surface area contributed by atoms with E-state index in [-0.39, 0.29) is 11.9 Å². The first kappa shape index (κ1) is 13.8. The van der Waals surface area contributed by atoms with Crippen LogP contribution in [0.3, 0.4) is 0 Å². The standard InChI is InChI=1S/C18H20N2O/c1-19-12-13-20(18(21)16-10-6-3-7-11-16)17(14-19)15-8-4-2-5-9-15/h2-11,17H,12-14H2,1H3. The van der Waals surface area contributed by atoms with Gasteiger partial charge < -0.3 is 9.80 Å². The second-order valence-electron chi connectivity index (χ2n) is 5.55. The van der Waals surface area contributed by atoms with Gasteiger partial charge in [-0.05, 0) is 24.7 Å². The van der Waals surface area contributed by atoms with Gasteiger partial charge in [-0.3, -0.25) is 4.79 Å². The van der Waals surface area contributed by atoms with Crippen LogP contribution in [0.25, 0.3) is 0 Å². The SMILES string of the molecule is CN1CCN(C(=O)c2ccccc2)C(c2ccccc2)C1. The Bertz CT molecular complexity index is 597. The zero-order valence-electron chi connectivity index (χ0n) is 12.3. The number of carbonyl (C=O) groups is 1. The quantitative estimate of drug-likeness (QED) is 0.844. The number of rotatable bonds is 2. The predicted molar refractivity (Wildman–Crippen MR) is 84.2 cm³/mol. The maximum atomic E-state index is 12.8. The van der Waals surface area contributed by atoms with Crippen molar-refractivity contribution < 1.29 is 4.79 Å². The Hall–Kier alpha value is -2.13. The highest BCUT2D eigenvalue weighted by atomic mass is 16.2. The molecule has 0 N–H and O–H groups in total. The van der Waals surface area contributed by atoms with E-state index in [1.807, 2.05) is 53.4 Å². The lowest BCUT2D eigenvalue weighted by Gasteiger charge is -2.40. The molecule has 21 heavy (non-hydrogen) atoms. The minimum absolute atomic E-state index is 0.123. The van der Waals surface area contributed by atoms with Crippen molar-refractivity contribution in [1.82, 2.24) is 9.80 Å². The van der Waals surface area contributed by atoms with Crippen LogP contribution in [0.2, 0.25) is 0 Å². The van der Waals surface area contributed by atoms with Crippen molar-refractivity contribution >= 4 is 5.91 Å². The molecule has 2 aromatic carbocycles. The summed E-state index contributed by atoms with van der Waals surface area (Å²) in [4.78, 5) is 17.1. The van der Waals surface area contributed by atoms with Crippen molar-refractivity contribution in [3.63, 3.8) is 0 Å². The highest BCUT2D eigenvalue weighted by Crippen LogP contribution is 2.26. The van der Waals surface area contributed by atoms with Crippen LogP contribution in [0.1, 0.15) is 22.0 Å². The zero-order valence-corrected chi connectivity index (χ0v) is 12.3. The van der Waals surface area contributed by atoms with Crippen molar-refractivity contribution in [3.8, 4) is 0 Å². The maximum Gasteiger partial charge on any atom is 0.254 e. The molecule has 1 aliphatic heterocycles. The molecule has 0 aromatic heterocycles. The number of carbonyl (C=O) groups excluding carboxylic acids is 1. The van der Waals surface area contributed by atoms with Crippen LogP contribution < -0.4 is 0 Å². The average Bonchev–Trinajstić information content (AvgIpc) is 2.56. The highest BCUT2D eigenvalue weighted by Gasteiger charge is 2.30. The lowest BCUT2D eigenvalue weighted by atomic mass is 10.0. The fourth-order valence-corrected chi connectivity index (χ4v) is 2.87. The molecule has 0 radical (unpaired) electrons. The van der Waals surface area contributed by atoms with E-state index >= 15 is 0 Å². The maximum absolute atomic E-state index is 12.8. The molecule has 1 atom stereocenters. The molecule has 1 unspecified atom stereocenters. The highest BCUT2D eigenvalue weighted by molar-refractivity contribution is 5.94. The summed E-state index contributed by atoms with van der Waals surface area (Å²) in [6.45, 7) is 2.56. The Morgan fingerprint density at radius 1 is 0.952 bits per heavy atom. The molecule has 1 amide bonds. The molecule has 0 saturated carbocycles. The average molecular weight is 280 g/mol. The van der Waals surface area contributed by atoms with Gasteiger partial charge in [0, 0.05) is 25.2 Å². The largest absolute Gasteiger partial charge is 0.329 e. The molecule has 0 aliphatic carbocycles. The summed E-state index contributed by atoms with van der Waals surface area (Å²) in [5.41, 5.74) is 1.97. The van der Waals surface area contributed by atoms with Crippen molar-refractivity contribution in [3.05, 3.63) is 71.8 Å².